The van der Waals surface area contributed by atoms with E-state index >= 15 is 0 Å². The average molecular weight is 364 g/mol. The summed E-state index contributed by atoms with van der Waals surface area (Å²) in [5.74, 6) is -0.237. The maximum absolute atomic E-state index is 11.8. The first-order valence-electron chi connectivity index (χ1n) is 5.89. The van der Waals surface area contributed by atoms with Crippen molar-refractivity contribution in [3.05, 3.63) is 56.5 Å². The van der Waals surface area contributed by atoms with Crippen LogP contribution < -0.4 is 10.6 Å². The number of carbonyl (C=O) groups excluding carboxylic acids is 1. The Morgan fingerprint density at radius 2 is 1.67 bits per heavy atom. The maximum Gasteiger partial charge on any atom is 0.243 e. The summed E-state index contributed by atoms with van der Waals surface area (Å²) >= 11 is 23.5. The third-order valence-electron chi connectivity index (χ3n) is 2.57. The lowest BCUT2D eigenvalue weighted by atomic mass is 10.3. The van der Waals surface area contributed by atoms with Gasteiger partial charge in [0.05, 0.1) is 27.3 Å². The minimum absolute atomic E-state index is 0.0571. The summed E-state index contributed by atoms with van der Waals surface area (Å²) in [6.45, 7) is 0.0571. The molecule has 2 aromatic carbocycles. The number of hydrogen-bond donors (Lipinski definition) is 2. The second-order valence-corrected chi connectivity index (χ2v) is 5.81. The van der Waals surface area contributed by atoms with Crippen molar-refractivity contribution >= 4 is 63.7 Å². The Hall–Kier alpha value is -1.13. The monoisotopic (exact) mass is 362 g/mol. The van der Waals surface area contributed by atoms with Gasteiger partial charge in [0.1, 0.15) is 0 Å². The summed E-state index contributed by atoms with van der Waals surface area (Å²) in [7, 11) is 0. The van der Waals surface area contributed by atoms with E-state index in [1.54, 1.807) is 36.4 Å². The lowest BCUT2D eigenvalue weighted by Gasteiger charge is -2.10. The SMILES string of the molecule is O=C(CNc1ccc(Cl)cc1Cl)Nc1ccc(Cl)c(Cl)c1. The molecule has 0 aliphatic carbocycles. The summed E-state index contributed by atoms with van der Waals surface area (Å²) < 4.78 is 0. The average Bonchev–Trinajstić information content (AvgIpc) is 2.42. The van der Waals surface area contributed by atoms with Crippen LogP contribution >= 0.6 is 46.4 Å². The summed E-state index contributed by atoms with van der Waals surface area (Å²) in [5.41, 5.74) is 1.20. The van der Waals surface area contributed by atoms with Crippen LogP contribution in [0.15, 0.2) is 36.4 Å². The summed E-state index contributed by atoms with van der Waals surface area (Å²) in [4.78, 5) is 11.8. The maximum atomic E-state index is 11.8. The Morgan fingerprint density at radius 3 is 2.33 bits per heavy atom. The van der Waals surface area contributed by atoms with Crippen molar-refractivity contribution < 1.29 is 4.79 Å². The quantitative estimate of drug-likeness (QED) is 0.768. The predicted molar refractivity (Wildman–Crippen MR) is 90.0 cm³/mol. The van der Waals surface area contributed by atoms with E-state index in [9.17, 15) is 4.79 Å². The molecule has 0 radical (unpaired) electrons. The van der Waals surface area contributed by atoms with Gasteiger partial charge in [-0.2, -0.15) is 0 Å². The van der Waals surface area contributed by atoms with Gasteiger partial charge in [0.2, 0.25) is 5.91 Å². The van der Waals surface area contributed by atoms with E-state index < -0.39 is 0 Å². The van der Waals surface area contributed by atoms with Crippen LogP contribution in [0.3, 0.4) is 0 Å². The molecule has 0 fully saturated rings. The van der Waals surface area contributed by atoms with E-state index in [-0.39, 0.29) is 12.5 Å². The largest absolute Gasteiger partial charge is 0.375 e. The second-order valence-electron chi connectivity index (χ2n) is 4.15. The fourth-order valence-electron chi connectivity index (χ4n) is 1.59. The molecule has 0 aliphatic heterocycles. The van der Waals surface area contributed by atoms with Gasteiger partial charge in [-0.15, -0.1) is 0 Å². The van der Waals surface area contributed by atoms with Crippen molar-refractivity contribution in [3.63, 3.8) is 0 Å². The topological polar surface area (TPSA) is 41.1 Å². The highest BCUT2D eigenvalue weighted by Gasteiger charge is 2.06. The Labute approximate surface area is 142 Å². The van der Waals surface area contributed by atoms with Crippen LogP contribution in [0.1, 0.15) is 0 Å². The van der Waals surface area contributed by atoms with E-state index in [2.05, 4.69) is 10.6 Å². The lowest BCUT2D eigenvalue weighted by Crippen LogP contribution is -2.21. The highest BCUT2D eigenvalue weighted by molar-refractivity contribution is 6.42. The number of carbonyl (C=O) groups is 1. The molecule has 1 amide bonds. The zero-order valence-corrected chi connectivity index (χ0v) is 13.6. The summed E-state index contributed by atoms with van der Waals surface area (Å²) in [5, 5.41) is 7.41. The Kier molecular flexibility index (Phi) is 5.59. The molecule has 0 saturated heterocycles. The number of hydrogen-bond acceptors (Lipinski definition) is 2. The molecule has 7 heteroatoms. The summed E-state index contributed by atoms with van der Waals surface area (Å²) in [6, 6.07) is 9.85. The van der Waals surface area contributed by atoms with Gasteiger partial charge in [-0.1, -0.05) is 46.4 Å². The van der Waals surface area contributed by atoms with E-state index in [0.717, 1.165) is 0 Å². The number of amides is 1. The molecule has 0 heterocycles. The number of benzene rings is 2. The summed E-state index contributed by atoms with van der Waals surface area (Å²) in [6.07, 6.45) is 0. The standard InChI is InChI=1S/C14H10Cl4N2O/c15-8-1-4-13(12(18)5-8)19-7-14(21)20-9-2-3-10(16)11(17)6-9/h1-6,19H,7H2,(H,20,21). The second kappa shape index (κ2) is 7.23. The molecule has 21 heavy (non-hydrogen) atoms. The van der Waals surface area contributed by atoms with Crippen LogP contribution in [-0.4, -0.2) is 12.5 Å². The Bertz CT molecular complexity index is 676. The number of halogens is 4. The first-order valence-corrected chi connectivity index (χ1v) is 7.41. The van der Waals surface area contributed by atoms with E-state index in [1.807, 2.05) is 0 Å². The Balaban J connectivity index is 1.94. The third kappa shape index (κ3) is 4.68. The molecule has 2 rings (SSSR count). The number of rotatable bonds is 4. The molecular weight excluding hydrogens is 354 g/mol. The van der Waals surface area contributed by atoms with Crippen LogP contribution in [-0.2, 0) is 4.79 Å². The molecule has 0 saturated carbocycles. The van der Waals surface area contributed by atoms with E-state index in [1.165, 1.54) is 0 Å². The van der Waals surface area contributed by atoms with Crippen molar-refractivity contribution in [2.45, 2.75) is 0 Å². The highest BCUT2D eigenvalue weighted by Crippen LogP contribution is 2.26. The first-order chi connectivity index (χ1) is 9.95. The van der Waals surface area contributed by atoms with E-state index in [4.69, 9.17) is 46.4 Å². The third-order valence-corrected chi connectivity index (χ3v) is 3.86. The molecule has 3 nitrogen and oxygen atoms in total. The molecule has 0 spiro atoms. The molecule has 0 aliphatic rings. The molecule has 0 aromatic heterocycles. The molecular formula is C14H10Cl4N2O. The normalized spacial score (nSPS) is 10.3. The zero-order valence-electron chi connectivity index (χ0n) is 10.6. The van der Waals surface area contributed by atoms with Crippen LogP contribution in [0.25, 0.3) is 0 Å². The molecule has 0 bridgehead atoms. The van der Waals surface area contributed by atoms with Crippen molar-refractivity contribution in [1.29, 1.82) is 0 Å². The van der Waals surface area contributed by atoms with Crippen molar-refractivity contribution in [1.82, 2.24) is 0 Å². The Morgan fingerprint density at radius 1 is 0.905 bits per heavy atom. The molecule has 0 unspecified atom stereocenters. The highest BCUT2D eigenvalue weighted by atomic mass is 35.5. The molecule has 110 valence electrons. The van der Waals surface area contributed by atoms with Gasteiger partial charge in [-0.05, 0) is 36.4 Å². The van der Waals surface area contributed by atoms with Crippen LogP contribution in [0.2, 0.25) is 20.1 Å². The van der Waals surface area contributed by atoms with E-state index in [0.29, 0.717) is 31.5 Å². The van der Waals surface area contributed by atoms with Crippen LogP contribution in [0, 0.1) is 0 Å². The van der Waals surface area contributed by atoms with Gasteiger partial charge in [0, 0.05) is 10.7 Å². The van der Waals surface area contributed by atoms with Crippen LogP contribution in [0.4, 0.5) is 11.4 Å². The van der Waals surface area contributed by atoms with Gasteiger partial charge in [0.25, 0.3) is 0 Å². The fourth-order valence-corrected chi connectivity index (χ4v) is 2.36. The fraction of sp³-hybridized carbons (Fsp3) is 0.0714. The van der Waals surface area contributed by atoms with Gasteiger partial charge < -0.3 is 10.6 Å². The van der Waals surface area contributed by atoms with Gasteiger partial charge in [0.15, 0.2) is 0 Å². The first kappa shape index (κ1) is 16.2. The molecule has 0 atom stereocenters. The van der Waals surface area contributed by atoms with Gasteiger partial charge >= 0.3 is 0 Å². The lowest BCUT2D eigenvalue weighted by molar-refractivity contribution is -0.114. The molecule has 2 aromatic rings. The number of anilines is 2. The minimum Gasteiger partial charge on any atom is -0.375 e. The van der Waals surface area contributed by atoms with Crippen molar-refractivity contribution in [2.75, 3.05) is 17.2 Å². The molecule has 2 N–H and O–H groups in total. The van der Waals surface area contributed by atoms with Gasteiger partial charge in [-0.3, -0.25) is 4.79 Å². The predicted octanol–water partition coefficient (Wildman–Crippen LogP) is 5.35. The zero-order chi connectivity index (χ0) is 15.4. The van der Waals surface area contributed by atoms with Crippen molar-refractivity contribution in [3.8, 4) is 0 Å². The van der Waals surface area contributed by atoms with Crippen molar-refractivity contribution in [2.24, 2.45) is 0 Å². The van der Waals surface area contributed by atoms with Crippen LogP contribution in [0.5, 0.6) is 0 Å². The van der Waals surface area contributed by atoms with Gasteiger partial charge in [-0.25, -0.2) is 0 Å². The smallest absolute Gasteiger partial charge is 0.243 e. The number of nitrogens with one attached hydrogen (secondary N) is 2. The minimum atomic E-state index is -0.237.